The summed E-state index contributed by atoms with van der Waals surface area (Å²) in [6.07, 6.45) is 3.29. The summed E-state index contributed by atoms with van der Waals surface area (Å²) in [5, 5.41) is 1.24. The number of hydrogen-bond donors (Lipinski definition) is 1. The number of hydrogen-bond acceptors (Lipinski definition) is 1. The van der Waals surface area contributed by atoms with E-state index in [0.29, 0.717) is 10.4 Å². The van der Waals surface area contributed by atoms with Crippen LogP contribution in [-0.2, 0) is 6.54 Å². The molecule has 1 aromatic heterocycles. The third-order valence-corrected chi connectivity index (χ3v) is 3.40. The molecule has 1 heterocycles. The molecule has 2 nitrogen and oxygen atoms in total. The zero-order valence-corrected chi connectivity index (χ0v) is 12.1. The van der Waals surface area contributed by atoms with Crippen molar-refractivity contribution in [1.82, 2.24) is 4.57 Å². The van der Waals surface area contributed by atoms with Gasteiger partial charge < -0.3 is 10.3 Å². The van der Waals surface area contributed by atoms with Gasteiger partial charge in [0.15, 0.2) is 0 Å². The standard InChI is InChI=1S/C15H20N2S/c1-15(2,3)7-9-17-8-6-11-4-5-12(14(16)18)10-13(11)17/h4-6,8,10H,7,9H2,1-3H3,(H2,16,18). The van der Waals surface area contributed by atoms with Crippen molar-refractivity contribution in [3.8, 4) is 0 Å². The third kappa shape index (κ3) is 2.91. The first kappa shape index (κ1) is 13.1. The summed E-state index contributed by atoms with van der Waals surface area (Å²) in [5.74, 6) is 0. The lowest BCUT2D eigenvalue weighted by molar-refractivity contribution is 0.353. The highest BCUT2D eigenvalue weighted by Crippen LogP contribution is 2.23. The summed E-state index contributed by atoms with van der Waals surface area (Å²) < 4.78 is 2.28. The molecule has 3 heteroatoms. The molecule has 2 aromatic rings. The maximum Gasteiger partial charge on any atom is 0.104 e. The Kier molecular flexibility index (Phi) is 3.44. The van der Waals surface area contributed by atoms with Crippen LogP contribution in [0.2, 0.25) is 0 Å². The average molecular weight is 260 g/mol. The van der Waals surface area contributed by atoms with E-state index >= 15 is 0 Å². The van der Waals surface area contributed by atoms with Gasteiger partial charge in [0.1, 0.15) is 4.99 Å². The smallest absolute Gasteiger partial charge is 0.104 e. The Labute approximate surface area is 114 Å². The Morgan fingerprint density at radius 3 is 2.61 bits per heavy atom. The van der Waals surface area contributed by atoms with Crippen molar-refractivity contribution in [3.05, 3.63) is 36.0 Å². The molecule has 18 heavy (non-hydrogen) atoms. The Hall–Kier alpha value is -1.35. The van der Waals surface area contributed by atoms with Crippen LogP contribution >= 0.6 is 12.2 Å². The Balaban J connectivity index is 2.33. The molecule has 0 atom stereocenters. The van der Waals surface area contributed by atoms with E-state index in [4.69, 9.17) is 18.0 Å². The molecule has 0 aliphatic carbocycles. The van der Waals surface area contributed by atoms with Gasteiger partial charge in [-0.25, -0.2) is 0 Å². The minimum absolute atomic E-state index is 0.345. The molecular weight excluding hydrogens is 240 g/mol. The maximum atomic E-state index is 5.69. The van der Waals surface area contributed by atoms with Gasteiger partial charge in [-0.3, -0.25) is 0 Å². The van der Waals surface area contributed by atoms with Crippen LogP contribution in [0.5, 0.6) is 0 Å². The molecule has 2 N–H and O–H groups in total. The van der Waals surface area contributed by atoms with Crippen molar-refractivity contribution in [3.63, 3.8) is 0 Å². The zero-order chi connectivity index (χ0) is 13.3. The monoisotopic (exact) mass is 260 g/mol. The molecule has 0 aliphatic heterocycles. The fraction of sp³-hybridized carbons (Fsp3) is 0.400. The van der Waals surface area contributed by atoms with E-state index in [9.17, 15) is 0 Å². The first-order valence-electron chi connectivity index (χ1n) is 6.25. The van der Waals surface area contributed by atoms with Gasteiger partial charge in [-0.05, 0) is 29.4 Å². The van der Waals surface area contributed by atoms with Crippen molar-refractivity contribution < 1.29 is 0 Å². The lowest BCUT2D eigenvalue weighted by Gasteiger charge is -2.18. The molecule has 0 bridgehead atoms. The molecule has 96 valence electrons. The Bertz CT molecular complexity index is 576. The molecule has 0 saturated carbocycles. The minimum Gasteiger partial charge on any atom is -0.389 e. The largest absolute Gasteiger partial charge is 0.389 e. The second kappa shape index (κ2) is 4.73. The van der Waals surface area contributed by atoms with E-state index in [0.717, 1.165) is 18.5 Å². The second-order valence-electron chi connectivity index (χ2n) is 5.96. The van der Waals surface area contributed by atoms with E-state index < -0.39 is 0 Å². The topological polar surface area (TPSA) is 30.9 Å². The summed E-state index contributed by atoms with van der Waals surface area (Å²) in [5.41, 5.74) is 8.18. The van der Waals surface area contributed by atoms with Gasteiger partial charge in [-0.2, -0.15) is 0 Å². The van der Waals surface area contributed by atoms with Crippen molar-refractivity contribution in [2.24, 2.45) is 11.1 Å². The van der Waals surface area contributed by atoms with E-state index in [2.05, 4.69) is 49.7 Å². The predicted molar refractivity (Wildman–Crippen MR) is 81.9 cm³/mol. The fourth-order valence-electron chi connectivity index (χ4n) is 1.99. The van der Waals surface area contributed by atoms with Gasteiger partial charge in [-0.15, -0.1) is 0 Å². The average Bonchev–Trinajstić information content (AvgIpc) is 2.67. The van der Waals surface area contributed by atoms with Crippen LogP contribution in [0.4, 0.5) is 0 Å². The minimum atomic E-state index is 0.345. The maximum absolute atomic E-state index is 5.69. The number of benzene rings is 1. The normalized spacial score (nSPS) is 11.9. The first-order valence-corrected chi connectivity index (χ1v) is 6.66. The van der Waals surface area contributed by atoms with E-state index in [1.807, 2.05) is 6.07 Å². The number of fused-ring (bicyclic) bond motifs is 1. The highest BCUT2D eigenvalue weighted by atomic mass is 32.1. The van der Waals surface area contributed by atoms with Crippen LogP contribution in [-0.4, -0.2) is 9.56 Å². The molecule has 2 rings (SSSR count). The van der Waals surface area contributed by atoms with Crippen LogP contribution in [0.3, 0.4) is 0 Å². The number of rotatable bonds is 3. The Morgan fingerprint density at radius 2 is 2.00 bits per heavy atom. The number of thiocarbonyl (C=S) groups is 1. The summed E-state index contributed by atoms with van der Waals surface area (Å²) in [6.45, 7) is 7.81. The van der Waals surface area contributed by atoms with Crippen molar-refractivity contribution in [2.45, 2.75) is 33.7 Å². The third-order valence-electron chi connectivity index (χ3n) is 3.16. The van der Waals surface area contributed by atoms with Gasteiger partial charge in [0.2, 0.25) is 0 Å². The van der Waals surface area contributed by atoms with Crippen LogP contribution in [0.1, 0.15) is 32.8 Å². The summed E-state index contributed by atoms with van der Waals surface area (Å²) >= 11 is 5.03. The number of aromatic nitrogens is 1. The van der Waals surface area contributed by atoms with E-state index in [1.54, 1.807) is 0 Å². The van der Waals surface area contributed by atoms with Crippen molar-refractivity contribution in [2.75, 3.05) is 0 Å². The van der Waals surface area contributed by atoms with Gasteiger partial charge in [-0.1, -0.05) is 45.1 Å². The highest BCUT2D eigenvalue weighted by Gasteiger charge is 2.11. The van der Waals surface area contributed by atoms with Gasteiger partial charge in [0, 0.05) is 23.8 Å². The van der Waals surface area contributed by atoms with Gasteiger partial charge >= 0.3 is 0 Å². The lowest BCUT2D eigenvalue weighted by Crippen LogP contribution is -2.11. The zero-order valence-electron chi connectivity index (χ0n) is 11.2. The summed E-state index contributed by atoms with van der Waals surface area (Å²) in [4.78, 5) is 0.459. The summed E-state index contributed by atoms with van der Waals surface area (Å²) in [6, 6.07) is 8.29. The van der Waals surface area contributed by atoms with E-state index in [-0.39, 0.29) is 0 Å². The molecule has 0 unspecified atom stereocenters. The van der Waals surface area contributed by atoms with Gasteiger partial charge in [0.25, 0.3) is 0 Å². The van der Waals surface area contributed by atoms with Crippen molar-refractivity contribution >= 4 is 28.1 Å². The first-order chi connectivity index (χ1) is 8.37. The van der Waals surface area contributed by atoms with Crippen LogP contribution in [0, 0.1) is 5.41 Å². The lowest BCUT2D eigenvalue weighted by atomic mass is 9.92. The molecular formula is C15H20N2S. The van der Waals surface area contributed by atoms with Crippen LogP contribution in [0.25, 0.3) is 10.9 Å². The van der Waals surface area contributed by atoms with Gasteiger partial charge in [0.05, 0.1) is 0 Å². The molecule has 0 saturated heterocycles. The quantitative estimate of drug-likeness (QED) is 0.853. The molecule has 0 amide bonds. The molecule has 1 aromatic carbocycles. The number of nitrogens with two attached hydrogens (primary N) is 1. The SMILES string of the molecule is CC(C)(C)CCn1ccc2ccc(C(N)=S)cc21. The molecule has 0 spiro atoms. The Morgan fingerprint density at radius 1 is 1.28 bits per heavy atom. The number of nitrogens with zero attached hydrogens (tertiary/aromatic N) is 1. The molecule has 0 aliphatic rings. The van der Waals surface area contributed by atoms with Crippen LogP contribution in [0.15, 0.2) is 30.5 Å². The second-order valence-corrected chi connectivity index (χ2v) is 6.40. The highest BCUT2D eigenvalue weighted by molar-refractivity contribution is 7.80. The van der Waals surface area contributed by atoms with Crippen LogP contribution < -0.4 is 5.73 Å². The summed E-state index contributed by atoms with van der Waals surface area (Å²) in [7, 11) is 0. The predicted octanol–water partition coefficient (Wildman–Crippen LogP) is 3.71. The fourth-order valence-corrected chi connectivity index (χ4v) is 2.12. The van der Waals surface area contributed by atoms with Crippen molar-refractivity contribution in [1.29, 1.82) is 0 Å². The van der Waals surface area contributed by atoms with E-state index in [1.165, 1.54) is 10.9 Å². The molecule has 0 radical (unpaired) electrons. The number of aryl methyl sites for hydroxylation is 1. The molecule has 0 fully saturated rings.